The van der Waals surface area contributed by atoms with Gasteiger partial charge in [0.25, 0.3) is 11.5 Å². The normalized spacial score (nSPS) is 10.9. The number of benzene rings is 1. The number of halogens is 2. The van der Waals surface area contributed by atoms with Crippen molar-refractivity contribution in [1.82, 2.24) is 19.7 Å². The number of nitrogens with one attached hydrogen (secondary N) is 2. The number of aromatic amines is 1. The molecule has 152 valence electrons. The zero-order valence-electron chi connectivity index (χ0n) is 15.6. The van der Waals surface area contributed by atoms with Crippen molar-refractivity contribution in [2.24, 2.45) is 0 Å². The monoisotopic (exact) mass is 411 g/mol. The van der Waals surface area contributed by atoms with Crippen molar-refractivity contribution in [3.05, 3.63) is 82.0 Å². The molecule has 2 N–H and O–H groups in total. The van der Waals surface area contributed by atoms with E-state index in [0.717, 1.165) is 12.1 Å². The van der Waals surface area contributed by atoms with Crippen LogP contribution in [-0.4, -0.2) is 25.7 Å². The highest BCUT2D eigenvalue weighted by Gasteiger charge is 2.19. The van der Waals surface area contributed by atoms with Crippen LogP contribution in [0.3, 0.4) is 0 Å². The first-order valence-corrected chi connectivity index (χ1v) is 8.95. The average molecular weight is 411 g/mol. The molecule has 0 saturated heterocycles. The molecule has 1 aromatic carbocycles. The summed E-state index contributed by atoms with van der Waals surface area (Å²) in [5.74, 6) is -2.06. The number of aromatic nitrogens is 4. The number of carbonyl (C=O) groups is 1. The van der Waals surface area contributed by atoms with Gasteiger partial charge in [-0.15, -0.1) is 0 Å². The van der Waals surface area contributed by atoms with E-state index < -0.39 is 23.1 Å². The molecular weight excluding hydrogens is 396 g/mol. The summed E-state index contributed by atoms with van der Waals surface area (Å²) in [7, 11) is 0. The minimum absolute atomic E-state index is 0.0621. The Morgan fingerprint density at radius 2 is 2.07 bits per heavy atom. The molecule has 1 amide bonds. The number of H-pyrrole nitrogens is 1. The van der Waals surface area contributed by atoms with E-state index in [2.05, 4.69) is 20.4 Å². The van der Waals surface area contributed by atoms with Crippen molar-refractivity contribution in [2.45, 2.75) is 13.3 Å². The zero-order valence-corrected chi connectivity index (χ0v) is 15.6. The predicted molar refractivity (Wildman–Crippen MR) is 103 cm³/mol. The highest BCUT2D eigenvalue weighted by Crippen LogP contribution is 2.24. The average Bonchev–Trinajstić information content (AvgIpc) is 3.37. The van der Waals surface area contributed by atoms with Crippen LogP contribution < -0.4 is 10.9 Å². The third kappa shape index (κ3) is 3.75. The molecular formula is C20H15F2N5O3. The molecule has 0 fully saturated rings. The van der Waals surface area contributed by atoms with Crippen molar-refractivity contribution in [1.29, 1.82) is 0 Å². The van der Waals surface area contributed by atoms with Gasteiger partial charge in [0.2, 0.25) is 5.95 Å². The van der Waals surface area contributed by atoms with Crippen LogP contribution in [0.1, 0.15) is 23.0 Å². The molecule has 0 radical (unpaired) electrons. The number of nitrogens with zero attached hydrogens (tertiary/aromatic N) is 3. The molecule has 0 unspecified atom stereocenters. The number of hydrogen-bond acceptors (Lipinski definition) is 5. The quantitative estimate of drug-likeness (QED) is 0.524. The lowest BCUT2D eigenvalue weighted by molar-refractivity contribution is 0.102. The number of hydrogen-bond donors (Lipinski definition) is 2. The Bertz CT molecular complexity index is 1280. The second kappa shape index (κ2) is 7.74. The van der Waals surface area contributed by atoms with Crippen molar-refractivity contribution in [2.75, 3.05) is 5.32 Å². The van der Waals surface area contributed by atoms with Gasteiger partial charge in [0.1, 0.15) is 23.1 Å². The Balaban J connectivity index is 1.79. The molecule has 0 bridgehead atoms. The van der Waals surface area contributed by atoms with E-state index in [1.165, 1.54) is 23.1 Å². The molecule has 0 saturated carbocycles. The maximum Gasteiger partial charge on any atom is 0.259 e. The first kappa shape index (κ1) is 19.2. The van der Waals surface area contributed by atoms with E-state index >= 15 is 0 Å². The zero-order chi connectivity index (χ0) is 21.3. The van der Waals surface area contributed by atoms with Gasteiger partial charge in [-0.3, -0.25) is 14.6 Å². The van der Waals surface area contributed by atoms with Gasteiger partial charge >= 0.3 is 0 Å². The number of aryl methyl sites for hydroxylation is 1. The van der Waals surface area contributed by atoms with Crippen LogP contribution in [0.4, 0.5) is 14.6 Å². The van der Waals surface area contributed by atoms with Crippen molar-refractivity contribution in [3.63, 3.8) is 0 Å². The Morgan fingerprint density at radius 1 is 1.23 bits per heavy atom. The molecule has 0 spiro atoms. The molecule has 4 rings (SSSR count). The predicted octanol–water partition coefficient (Wildman–Crippen LogP) is 3.31. The summed E-state index contributed by atoms with van der Waals surface area (Å²) >= 11 is 0. The molecule has 10 heteroatoms. The van der Waals surface area contributed by atoms with E-state index in [1.807, 2.05) is 6.92 Å². The molecule has 30 heavy (non-hydrogen) atoms. The van der Waals surface area contributed by atoms with Crippen LogP contribution >= 0.6 is 0 Å². The van der Waals surface area contributed by atoms with Gasteiger partial charge in [-0.2, -0.15) is 9.78 Å². The molecule has 0 aliphatic heterocycles. The number of furan rings is 1. The first-order chi connectivity index (χ1) is 14.4. The van der Waals surface area contributed by atoms with Crippen LogP contribution in [0, 0.1) is 11.6 Å². The SMILES string of the molecule is CCc1cc(=O)[nH]c(-n2nc(-c3ccco3)cc2NC(=O)c2ccc(F)cc2F)n1. The fourth-order valence-corrected chi connectivity index (χ4v) is 2.81. The fraction of sp³-hybridized carbons (Fsp3) is 0.100. The summed E-state index contributed by atoms with van der Waals surface area (Å²) in [5, 5.41) is 6.86. The Kier molecular flexibility index (Phi) is 4.97. The molecule has 0 aliphatic rings. The maximum atomic E-state index is 14.0. The minimum Gasteiger partial charge on any atom is -0.463 e. The van der Waals surface area contributed by atoms with Crippen molar-refractivity contribution >= 4 is 11.7 Å². The van der Waals surface area contributed by atoms with Crippen molar-refractivity contribution in [3.8, 4) is 17.4 Å². The first-order valence-electron chi connectivity index (χ1n) is 8.95. The van der Waals surface area contributed by atoms with Gasteiger partial charge < -0.3 is 9.73 Å². The van der Waals surface area contributed by atoms with E-state index in [0.29, 0.717) is 29.6 Å². The standard InChI is InChI=1S/C20H15F2N5O3/c1-2-12-9-18(28)25-20(23-12)27-17(10-15(26-27)16-4-3-7-30-16)24-19(29)13-6-5-11(21)8-14(13)22/h3-10H,2H2,1H3,(H,24,29)(H,23,25,28). The molecule has 0 atom stereocenters. The van der Waals surface area contributed by atoms with E-state index in [9.17, 15) is 18.4 Å². The second-order valence-electron chi connectivity index (χ2n) is 6.30. The van der Waals surface area contributed by atoms with Gasteiger partial charge in [-0.05, 0) is 30.7 Å². The molecule has 0 aliphatic carbocycles. The van der Waals surface area contributed by atoms with Crippen molar-refractivity contribution < 1.29 is 18.0 Å². The molecule has 8 nitrogen and oxygen atoms in total. The second-order valence-corrected chi connectivity index (χ2v) is 6.30. The van der Waals surface area contributed by atoms with Crippen LogP contribution in [0.15, 0.2) is 57.9 Å². The molecule has 3 aromatic heterocycles. The number of amides is 1. The highest BCUT2D eigenvalue weighted by molar-refractivity contribution is 6.04. The summed E-state index contributed by atoms with van der Waals surface area (Å²) < 4.78 is 33.7. The number of carbonyl (C=O) groups excluding carboxylic acids is 1. The highest BCUT2D eigenvalue weighted by atomic mass is 19.1. The minimum atomic E-state index is -1.01. The number of anilines is 1. The van der Waals surface area contributed by atoms with Gasteiger partial charge in [0, 0.05) is 23.9 Å². The smallest absolute Gasteiger partial charge is 0.259 e. The third-order valence-corrected chi connectivity index (χ3v) is 4.25. The lowest BCUT2D eigenvalue weighted by Crippen LogP contribution is -2.20. The summed E-state index contributed by atoms with van der Waals surface area (Å²) in [5.41, 5.74) is 0.117. The Hall–Kier alpha value is -4.08. The third-order valence-electron chi connectivity index (χ3n) is 4.25. The summed E-state index contributed by atoms with van der Waals surface area (Å²) in [6, 6.07) is 8.79. The number of rotatable bonds is 5. The molecule has 3 heterocycles. The van der Waals surface area contributed by atoms with E-state index in [1.54, 1.807) is 12.1 Å². The molecule has 4 aromatic rings. The van der Waals surface area contributed by atoms with Crippen LogP contribution in [0.2, 0.25) is 0 Å². The topological polar surface area (TPSA) is 106 Å². The maximum absolute atomic E-state index is 14.0. The lowest BCUT2D eigenvalue weighted by atomic mass is 10.2. The van der Waals surface area contributed by atoms with Crippen LogP contribution in [0.25, 0.3) is 17.4 Å². The van der Waals surface area contributed by atoms with Crippen LogP contribution in [0.5, 0.6) is 0 Å². The Labute approximate surface area is 168 Å². The fourth-order valence-electron chi connectivity index (χ4n) is 2.81. The van der Waals surface area contributed by atoms with E-state index in [4.69, 9.17) is 4.42 Å². The summed E-state index contributed by atoms with van der Waals surface area (Å²) in [6.45, 7) is 1.84. The van der Waals surface area contributed by atoms with Gasteiger partial charge in [0.15, 0.2) is 5.76 Å². The lowest BCUT2D eigenvalue weighted by Gasteiger charge is -2.09. The summed E-state index contributed by atoms with van der Waals surface area (Å²) in [4.78, 5) is 31.5. The van der Waals surface area contributed by atoms with E-state index in [-0.39, 0.29) is 17.3 Å². The van der Waals surface area contributed by atoms with Crippen LogP contribution in [-0.2, 0) is 6.42 Å². The largest absolute Gasteiger partial charge is 0.463 e. The van der Waals surface area contributed by atoms with Gasteiger partial charge in [-0.25, -0.2) is 13.8 Å². The summed E-state index contributed by atoms with van der Waals surface area (Å²) in [6.07, 6.45) is 1.96. The Morgan fingerprint density at radius 3 is 2.77 bits per heavy atom. The van der Waals surface area contributed by atoms with Gasteiger partial charge in [0.05, 0.1) is 11.8 Å². The van der Waals surface area contributed by atoms with Gasteiger partial charge in [-0.1, -0.05) is 6.92 Å².